The van der Waals surface area contributed by atoms with Crippen LogP contribution in [0, 0.1) is 0 Å². The Bertz CT molecular complexity index is 3140. The van der Waals surface area contributed by atoms with E-state index in [0.717, 1.165) is 88.8 Å². The minimum atomic E-state index is 0.633. The summed E-state index contributed by atoms with van der Waals surface area (Å²) >= 11 is 0. The van der Waals surface area contributed by atoms with Gasteiger partial charge in [0.05, 0.1) is 27.8 Å². The molecule has 4 heterocycles. The Morgan fingerprint density at radius 2 is 0.906 bits per heavy atom. The van der Waals surface area contributed by atoms with Gasteiger partial charge in [-0.3, -0.25) is 13.7 Å². The molecule has 0 saturated heterocycles. The molecule has 4 aromatic heterocycles. The second kappa shape index (κ2) is 11.6. The zero-order valence-corrected chi connectivity index (χ0v) is 28.5. The van der Waals surface area contributed by atoms with Gasteiger partial charge in [-0.25, -0.2) is 15.0 Å². The van der Waals surface area contributed by atoms with E-state index in [0.29, 0.717) is 5.95 Å². The second-order valence-electron chi connectivity index (χ2n) is 13.3. The molecule has 0 atom stereocenters. The first-order chi connectivity index (χ1) is 26.3. The number of hydrogen-bond donors (Lipinski definition) is 0. The minimum absolute atomic E-state index is 0.633. The van der Waals surface area contributed by atoms with Crippen molar-refractivity contribution < 1.29 is 0 Å². The molecule has 6 heteroatoms. The Morgan fingerprint density at radius 1 is 0.358 bits per heavy atom. The van der Waals surface area contributed by atoms with Crippen LogP contribution in [0.3, 0.4) is 0 Å². The van der Waals surface area contributed by atoms with Crippen LogP contribution in [0.4, 0.5) is 0 Å². The lowest BCUT2D eigenvalue weighted by atomic mass is 10.1. The molecule has 11 rings (SSSR count). The number of benzene rings is 7. The van der Waals surface area contributed by atoms with Crippen LogP contribution in [0.2, 0.25) is 0 Å². The van der Waals surface area contributed by atoms with Gasteiger partial charge in [-0.05, 0) is 48.5 Å². The second-order valence-corrected chi connectivity index (χ2v) is 13.3. The van der Waals surface area contributed by atoms with Gasteiger partial charge in [-0.15, -0.1) is 0 Å². The number of imidazole rings is 1. The number of hydrogen-bond acceptors (Lipinski definition) is 3. The Morgan fingerprint density at radius 3 is 1.60 bits per heavy atom. The van der Waals surface area contributed by atoms with Crippen molar-refractivity contribution in [1.82, 2.24) is 28.7 Å². The lowest BCUT2D eigenvalue weighted by molar-refractivity contribution is 1.01. The van der Waals surface area contributed by atoms with Crippen molar-refractivity contribution in [3.8, 4) is 40.0 Å². The molecule has 0 N–H and O–H groups in total. The van der Waals surface area contributed by atoms with Crippen LogP contribution in [0.25, 0.3) is 94.7 Å². The Balaban J connectivity index is 1.33. The van der Waals surface area contributed by atoms with E-state index in [1.54, 1.807) is 0 Å². The number of aromatic nitrogens is 6. The highest BCUT2D eigenvalue weighted by Crippen LogP contribution is 2.44. The van der Waals surface area contributed by atoms with Crippen molar-refractivity contribution in [2.45, 2.75) is 0 Å². The molecular formula is C47H30N6. The van der Waals surface area contributed by atoms with Gasteiger partial charge in [0.25, 0.3) is 0 Å². The molecule has 11 aromatic rings. The molecule has 0 saturated carbocycles. The molecule has 0 spiro atoms. The van der Waals surface area contributed by atoms with Gasteiger partial charge >= 0.3 is 0 Å². The first-order valence-electron chi connectivity index (χ1n) is 17.8. The Labute approximate surface area is 304 Å². The first kappa shape index (κ1) is 29.4. The third-order valence-corrected chi connectivity index (χ3v) is 10.3. The number of rotatable bonds is 5. The van der Waals surface area contributed by atoms with Crippen molar-refractivity contribution in [2.24, 2.45) is 0 Å². The van der Waals surface area contributed by atoms with Crippen LogP contribution in [0.1, 0.15) is 0 Å². The summed E-state index contributed by atoms with van der Waals surface area (Å²) < 4.78 is 6.87. The maximum Gasteiger partial charge on any atom is 0.235 e. The van der Waals surface area contributed by atoms with Crippen LogP contribution in [0.15, 0.2) is 182 Å². The van der Waals surface area contributed by atoms with Crippen molar-refractivity contribution in [3.63, 3.8) is 0 Å². The van der Waals surface area contributed by atoms with Gasteiger partial charge in [-0.2, -0.15) is 0 Å². The summed E-state index contributed by atoms with van der Waals surface area (Å²) in [6.45, 7) is 0. The summed E-state index contributed by atoms with van der Waals surface area (Å²) in [4.78, 5) is 16.1. The maximum absolute atomic E-state index is 5.50. The van der Waals surface area contributed by atoms with Crippen molar-refractivity contribution in [1.29, 1.82) is 0 Å². The highest BCUT2D eigenvalue weighted by molar-refractivity contribution is 6.28. The fourth-order valence-corrected chi connectivity index (χ4v) is 8.02. The van der Waals surface area contributed by atoms with Gasteiger partial charge in [0, 0.05) is 44.0 Å². The topological polar surface area (TPSA) is 53.5 Å². The van der Waals surface area contributed by atoms with Gasteiger partial charge in [-0.1, -0.05) is 133 Å². The molecule has 0 aliphatic heterocycles. The van der Waals surface area contributed by atoms with E-state index in [1.807, 2.05) is 12.1 Å². The summed E-state index contributed by atoms with van der Waals surface area (Å²) in [7, 11) is 0. The normalized spacial score (nSPS) is 11.8. The summed E-state index contributed by atoms with van der Waals surface area (Å²) in [6.07, 6.45) is 0. The fraction of sp³-hybridized carbons (Fsp3) is 0. The lowest BCUT2D eigenvalue weighted by Gasteiger charge is -2.12. The molecule has 0 radical (unpaired) electrons. The molecule has 6 nitrogen and oxygen atoms in total. The number of nitrogens with zero attached hydrogens (tertiary/aromatic N) is 6. The standard InChI is InChI=1S/C47H30N6/c1-5-17-31(18-6-1)43-35-25-13-15-27-37(35)48-47(49-43)53-38-28-16-14-26-36(38)41-39(53)29-30-40-42(41)44-46(51(40)33-21-9-3-10-22-33)50-45(32-19-7-2-8-20-32)52(44)34-23-11-4-12-24-34/h1-30H. The predicted octanol–water partition coefficient (Wildman–Crippen LogP) is 11.3. The molecule has 0 amide bonds. The van der Waals surface area contributed by atoms with E-state index in [-0.39, 0.29) is 0 Å². The quantitative estimate of drug-likeness (QED) is 0.182. The van der Waals surface area contributed by atoms with Crippen LogP contribution >= 0.6 is 0 Å². The van der Waals surface area contributed by atoms with Gasteiger partial charge in [0.15, 0.2) is 5.65 Å². The molecule has 53 heavy (non-hydrogen) atoms. The smallest absolute Gasteiger partial charge is 0.235 e. The van der Waals surface area contributed by atoms with Crippen LogP contribution in [-0.2, 0) is 0 Å². The minimum Gasteiger partial charge on any atom is -0.293 e. The Hall–Kier alpha value is -7.31. The summed E-state index contributed by atoms with van der Waals surface area (Å²) in [6, 6.07) is 63.4. The van der Waals surface area contributed by atoms with E-state index < -0.39 is 0 Å². The zero-order valence-electron chi connectivity index (χ0n) is 28.5. The molecule has 0 fully saturated rings. The summed E-state index contributed by atoms with van der Waals surface area (Å²) in [5, 5.41) is 4.40. The molecule has 0 bridgehead atoms. The van der Waals surface area contributed by atoms with E-state index in [2.05, 4.69) is 184 Å². The van der Waals surface area contributed by atoms with E-state index in [9.17, 15) is 0 Å². The van der Waals surface area contributed by atoms with Gasteiger partial charge in [0.2, 0.25) is 5.95 Å². The summed E-state index contributed by atoms with van der Waals surface area (Å²) in [5.41, 5.74) is 11.1. The third kappa shape index (κ3) is 4.42. The van der Waals surface area contributed by atoms with Crippen LogP contribution in [-0.4, -0.2) is 28.7 Å². The van der Waals surface area contributed by atoms with Crippen molar-refractivity contribution in [3.05, 3.63) is 182 Å². The zero-order chi connectivity index (χ0) is 34.9. The molecule has 248 valence electrons. The van der Waals surface area contributed by atoms with E-state index >= 15 is 0 Å². The van der Waals surface area contributed by atoms with Gasteiger partial charge in [0.1, 0.15) is 11.3 Å². The van der Waals surface area contributed by atoms with Crippen LogP contribution < -0.4 is 0 Å². The third-order valence-electron chi connectivity index (χ3n) is 10.3. The number of fused-ring (bicyclic) bond motifs is 8. The highest BCUT2D eigenvalue weighted by Gasteiger charge is 2.27. The number of para-hydroxylation sites is 4. The lowest BCUT2D eigenvalue weighted by Crippen LogP contribution is -2.03. The predicted molar refractivity (Wildman–Crippen MR) is 216 cm³/mol. The molecule has 7 aromatic carbocycles. The average molecular weight is 679 g/mol. The fourth-order valence-electron chi connectivity index (χ4n) is 8.02. The van der Waals surface area contributed by atoms with Crippen molar-refractivity contribution in [2.75, 3.05) is 0 Å². The molecule has 0 aliphatic carbocycles. The maximum atomic E-state index is 5.50. The van der Waals surface area contributed by atoms with E-state index in [4.69, 9.17) is 15.0 Å². The largest absolute Gasteiger partial charge is 0.293 e. The molecule has 0 aliphatic rings. The van der Waals surface area contributed by atoms with Crippen molar-refractivity contribution >= 4 is 54.8 Å². The first-order valence-corrected chi connectivity index (χ1v) is 17.8. The average Bonchev–Trinajstić information content (AvgIpc) is 3.89. The highest BCUT2D eigenvalue weighted by atomic mass is 15.2. The monoisotopic (exact) mass is 678 g/mol. The summed E-state index contributed by atoms with van der Waals surface area (Å²) in [5.74, 6) is 1.52. The molecular weight excluding hydrogens is 649 g/mol. The molecule has 0 unspecified atom stereocenters. The SMILES string of the molecule is c1ccc(-c2nc(-n3c4ccccc4c4c5c6c(nc(-c7ccccc7)n6-c6ccccc6)n(-c6ccccc6)c5ccc43)nc3ccccc23)cc1. The Kier molecular flexibility index (Phi) is 6.45. The van der Waals surface area contributed by atoms with Crippen LogP contribution in [0.5, 0.6) is 0 Å². The van der Waals surface area contributed by atoms with Gasteiger partial charge < -0.3 is 0 Å². The van der Waals surface area contributed by atoms with E-state index in [1.165, 1.54) is 0 Å².